The zero-order valence-corrected chi connectivity index (χ0v) is 18.8. The average Bonchev–Trinajstić information content (AvgIpc) is 2.77. The van der Waals surface area contributed by atoms with E-state index in [9.17, 15) is 13.6 Å². The smallest absolute Gasteiger partial charge is 0.236 e. The number of amides is 1. The number of carbonyl (C=O) groups excluding carboxylic acids is 1. The van der Waals surface area contributed by atoms with Gasteiger partial charge in [-0.1, -0.05) is 13.0 Å². The fourth-order valence-electron chi connectivity index (χ4n) is 4.32. The van der Waals surface area contributed by atoms with Crippen LogP contribution in [-0.2, 0) is 9.54 Å². The molecule has 0 fully saturated rings. The Kier molecular flexibility index (Phi) is 7.26. The molecule has 1 amide bonds. The number of hydrogen-bond acceptors (Lipinski definition) is 5. The van der Waals surface area contributed by atoms with Crippen molar-refractivity contribution in [1.29, 1.82) is 5.26 Å². The lowest BCUT2D eigenvalue weighted by Crippen LogP contribution is -2.44. The molecular formula is C23H26F2N4OS. The van der Waals surface area contributed by atoms with Crippen LogP contribution in [0.15, 0.2) is 24.3 Å². The summed E-state index contributed by atoms with van der Waals surface area (Å²) in [6, 6.07) is 7.43. The van der Waals surface area contributed by atoms with Gasteiger partial charge in [-0.25, -0.2) is 8.78 Å². The van der Waals surface area contributed by atoms with E-state index in [2.05, 4.69) is 17.1 Å². The predicted molar refractivity (Wildman–Crippen MR) is 117 cm³/mol. The molecule has 2 atom stereocenters. The molecule has 0 saturated carbocycles. The van der Waals surface area contributed by atoms with Crippen molar-refractivity contribution in [3.05, 3.63) is 47.2 Å². The highest BCUT2D eigenvalue weighted by atomic mass is 32.2. The molecule has 1 aliphatic carbocycles. The van der Waals surface area contributed by atoms with E-state index in [1.807, 2.05) is 19.2 Å². The number of nitrogens with zero attached hydrogens (tertiary/aromatic N) is 4. The minimum atomic E-state index is -0.673. The monoisotopic (exact) mass is 444 g/mol. The third-order valence-corrected chi connectivity index (χ3v) is 7.41. The highest BCUT2D eigenvalue weighted by Crippen LogP contribution is 2.49. The van der Waals surface area contributed by atoms with Crippen LogP contribution < -0.4 is 0 Å². The Labute approximate surface area is 185 Å². The second kappa shape index (κ2) is 9.73. The normalized spacial score (nSPS) is 20.1. The first-order valence-electron chi connectivity index (χ1n) is 10.4. The Morgan fingerprint density at radius 3 is 2.61 bits per heavy atom. The van der Waals surface area contributed by atoms with Gasteiger partial charge < -0.3 is 4.90 Å². The molecule has 0 bridgehead atoms. The van der Waals surface area contributed by atoms with Crippen LogP contribution in [0.4, 0.5) is 8.78 Å². The van der Waals surface area contributed by atoms with Crippen molar-refractivity contribution < 1.29 is 13.6 Å². The number of thioether (sulfide) groups is 1. The van der Waals surface area contributed by atoms with Gasteiger partial charge in [-0.15, -0.1) is 5.10 Å². The number of nitriles is 1. The zero-order chi connectivity index (χ0) is 22.6. The lowest BCUT2D eigenvalue weighted by atomic mass is 9.77. The number of aromatic nitrogens is 2. The lowest BCUT2D eigenvalue weighted by molar-refractivity contribution is -0.130. The average molecular weight is 445 g/mol. The van der Waals surface area contributed by atoms with Gasteiger partial charge in [0.15, 0.2) is 0 Å². The summed E-state index contributed by atoms with van der Waals surface area (Å²) in [4.78, 5) is 14.1. The number of carbonyl (C=O) groups is 1. The van der Waals surface area contributed by atoms with Crippen LogP contribution in [0.25, 0.3) is 11.3 Å². The number of likely N-dealkylation sites (N-methyl/N-ethyl adjacent to an activating group) is 1. The van der Waals surface area contributed by atoms with E-state index in [0.29, 0.717) is 13.1 Å². The standard InChI is InChI=1S/C23H26F2N4OS/c1-4-15-9-11-23(31-3,14-29(5-2)20(30)10-12-26)22-16(15)13-19(27-28-22)21-17(24)7-6-8-18(21)25/h6-8,13,15H,4-5,9-11,14H2,1-3H3/t15-,23-/m0/s1. The van der Waals surface area contributed by atoms with Crippen LogP contribution in [0.1, 0.15) is 56.7 Å². The summed E-state index contributed by atoms with van der Waals surface area (Å²) in [5.41, 5.74) is 1.70. The van der Waals surface area contributed by atoms with Crippen molar-refractivity contribution in [2.24, 2.45) is 0 Å². The van der Waals surface area contributed by atoms with Gasteiger partial charge in [-0.3, -0.25) is 4.79 Å². The van der Waals surface area contributed by atoms with Crippen molar-refractivity contribution in [3.8, 4) is 17.3 Å². The topological polar surface area (TPSA) is 69.9 Å². The van der Waals surface area contributed by atoms with Crippen molar-refractivity contribution in [2.45, 2.75) is 50.2 Å². The molecule has 0 radical (unpaired) electrons. The quantitative estimate of drug-likeness (QED) is 0.599. The molecule has 31 heavy (non-hydrogen) atoms. The predicted octanol–water partition coefficient (Wildman–Crippen LogP) is 5.03. The number of rotatable bonds is 7. The molecule has 1 aromatic heterocycles. The first-order chi connectivity index (χ1) is 14.9. The van der Waals surface area contributed by atoms with E-state index < -0.39 is 16.4 Å². The summed E-state index contributed by atoms with van der Waals surface area (Å²) >= 11 is 1.61. The molecule has 8 heteroatoms. The third kappa shape index (κ3) is 4.42. The summed E-state index contributed by atoms with van der Waals surface area (Å²) in [6.07, 6.45) is 4.36. The molecule has 0 unspecified atom stereocenters. The number of benzene rings is 1. The maximum Gasteiger partial charge on any atom is 0.236 e. The largest absolute Gasteiger partial charge is 0.340 e. The molecule has 164 valence electrons. The highest BCUT2D eigenvalue weighted by Gasteiger charge is 2.43. The van der Waals surface area contributed by atoms with Gasteiger partial charge in [-0.2, -0.15) is 22.1 Å². The van der Waals surface area contributed by atoms with Gasteiger partial charge in [-0.05, 0) is 62.1 Å². The van der Waals surface area contributed by atoms with Crippen molar-refractivity contribution in [3.63, 3.8) is 0 Å². The molecule has 1 heterocycles. The molecule has 5 nitrogen and oxygen atoms in total. The second-order valence-corrected chi connectivity index (χ2v) is 8.90. The van der Waals surface area contributed by atoms with Crippen LogP contribution in [0.3, 0.4) is 0 Å². The molecule has 0 N–H and O–H groups in total. The Morgan fingerprint density at radius 1 is 1.32 bits per heavy atom. The van der Waals surface area contributed by atoms with E-state index >= 15 is 0 Å². The van der Waals surface area contributed by atoms with Crippen LogP contribution in [-0.4, -0.2) is 40.3 Å². The number of halogens is 2. The van der Waals surface area contributed by atoms with E-state index in [1.54, 1.807) is 22.7 Å². The number of fused-ring (bicyclic) bond motifs is 1. The maximum absolute atomic E-state index is 14.4. The Hall–Kier alpha value is -2.53. The Bertz CT molecular complexity index is 989. The fraction of sp³-hybridized carbons (Fsp3) is 0.478. The fourth-order valence-corrected chi connectivity index (χ4v) is 5.28. The minimum Gasteiger partial charge on any atom is -0.340 e. The molecular weight excluding hydrogens is 418 g/mol. The van der Waals surface area contributed by atoms with E-state index in [4.69, 9.17) is 5.26 Å². The van der Waals surface area contributed by atoms with Crippen LogP contribution in [0, 0.1) is 23.0 Å². The molecule has 0 saturated heterocycles. The van der Waals surface area contributed by atoms with E-state index in [0.717, 1.165) is 30.5 Å². The van der Waals surface area contributed by atoms with Gasteiger partial charge in [0.25, 0.3) is 0 Å². The van der Waals surface area contributed by atoms with E-state index in [1.165, 1.54) is 18.2 Å². The highest BCUT2D eigenvalue weighted by molar-refractivity contribution is 7.99. The number of hydrogen-bond donors (Lipinski definition) is 0. The third-order valence-electron chi connectivity index (χ3n) is 6.10. The molecule has 2 aromatic rings. The summed E-state index contributed by atoms with van der Waals surface area (Å²) in [5, 5.41) is 17.6. The van der Waals surface area contributed by atoms with Crippen LogP contribution in [0.5, 0.6) is 0 Å². The molecule has 0 aliphatic heterocycles. The summed E-state index contributed by atoms with van der Waals surface area (Å²) in [5.74, 6) is -1.36. The van der Waals surface area contributed by atoms with E-state index in [-0.39, 0.29) is 29.5 Å². The van der Waals surface area contributed by atoms with Gasteiger partial charge >= 0.3 is 0 Å². The summed E-state index contributed by atoms with van der Waals surface area (Å²) in [6.45, 7) is 4.87. The summed E-state index contributed by atoms with van der Waals surface area (Å²) < 4.78 is 28.2. The molecule has 3 rings (SSSR count). The van der Waals surface area contributed by atoms with Gasteiger partial charge in [0, 0.05) is 13.1 Å². The van der Waals surface area contributed by atoms with Gasteiger partial charge in [0.05, 0.1) is 27.8 Å². The molecule has 1 aromatic carbocycles. The Morgan fingerprint density at radius 2 is 2.03 bits per heavy atom. The second-order valence-electron chi connectivity index (χ2n) is 7.72. The van der Waals surface area contributed by atoms with Crippen LogP contribution in [0.2, 0.25) is 0 Å². The SMILES string of the molecule is CC[C@H]1CC[C@@](CN(CC)C(=O)CC#N)(SC)c2nnc(-c3c(F)cccc3F)cc21. The first kappa shape index (κ1) is 23.1. The zero-order valence-electron chi connectivity index (χ0n) is 18.0. The lowest BCUT2D eigenvalue weighted by Gasteiger charge is -2.42. The first-order valence-corrected chi connectivity index (χ1v) is 11.7. The van der Waals surface area contributed by atoms with Gasteiger partial charge in [0.1, 0.15) is 18.1 Å². The van der Waals surface area contributed by atoms with Crippen molar-refractivity contribution in [2.75, 3.05) is 19.3 Å². The van der Waals surface area contributed by atoms with Crippen molar-refractivity contribution >= 4 is 17.7 Å². The van der Waals surface area contributed by atoms with Crippen molar-refractivity contribution in [1.82, 2.24) is 15.1 Å². The maximum atomic E-state index is 14.4. The van der Waals surface area contributed by atoms with Crippen LogP contribution >= 0.6 is 11.8 Å². The van der Waals surface area contributed by atoms with Gasteiger partial charge in [0.2, 0.25) is 5.91 Å². The molecule has 0 spiro atoms. The summed E-state index contributed by atoms with van der Waals surface area (Å²) in [7, 11) is 0. The minimum absolute atomic E-state index is 0.167. The molecule has 1 aliphatic rings. The Balaban J connectivity index is 2.10.